The summed E-state index contributed by atoms with van der Waals surface area (Å²) in [6.45, 7) is 3.20. The monoisotopic (exact) mass is 379 g/mol. The van der Waals surface area contributed by atoms with Crippen molar-refractivity contribution in [3.05, 3.63) is 46.3 Å². The predicted molar refractivity (Wildman–Crippen MR) is 100 cm³/mol. The van der Waals surface area contributed by atoms with Gasteiger partial charge in [0.15, 0.2) is 6.61 Å². The number of rotatable bonds is 6. The molecule has 3 rings (SSSR count). The third-order valence-electron chi connectivity index (χ3n) is 3.50. The molecule has 0 radical (unpaired) electrons. The van der Waals surface area contributed by atoms with E-state index in [1.54, 1.807) is 41.8 Å². The lowest BCUT2D eigenvalue weighted by molar-refractivity contribution is -0.123. The summed E-state index contributed by atoms with van der Waals surface area (Å²) in [5.74, 6) is 0.257. The van der Waals surface area contributed by atoms with Gasteiger partial charge >= 0.3 is 0 Å². The summed E-state index contributed by atoms with van der Waals surface area (Å²) in [6.07, 6.45) is 1.63. The van der Waals surface area contributed by atoms with Crippen molar-refractivity contribution in [2.45, 2.75) is 0 Å². The highest BCUT2D eigenvalue weighted by atomic mass is 35.5. The van der Waals surface area contributed by atoms with Crippen LogP contribution in [0.1, 0.15) is 4.88 Å². The van der Waals surface area contributed by atoms with Gasteiger partial charge in [0.05, 0.1) is 24.4 Å². The van der Waals surface area contributed by atoms with Crippen LogP contribution in [-0.2, 0) is 9.53 Å². The van der Waals surface area contributed by atoms with Gasteiger partial charge in [0.2, 0.25) is 0 Å². The Balaban J connectivity index is 1.43. The van der Waals surface area contributed by atoms with Crippen LogP contribution in [0.2, 0.25) is 5.02 Å². The lowest BCUT2D eigenvalue weighted by Crippen LogP contribution is -2.35. The first-order chi connectivity index (χ1) is 12.2. The molecule has 8 heteroatoms. The van der Waals surface area contributed by atoms with Crippen LogP contribution in [0.4, 0.5) is 5.00 Å². The zero-order chi connectivity index (χ0) is 17.5. The number of anilines is 1. The molecule has 6 nitrogen and oxygen atoms in total. The maximum absolute atomic E-state index is 11.7. The molecular weight excluding hydrogens is 362 g/mol. The Bertz CT molecular complexity index is 727. The molecule has 1 aromatic carbocycles. The maximum Gasteiger partial charge on any atom is 0.277 e. The summed E-state index contributed by atoms with van der Waals surface area (Å²) in [5.41, 5.74) is 2.45. The van der Waals surface area contributed by atoms with Crippen molar-refractivity contribution < 1.29 is 14.3 Å². The summed E-state index contributed by atoms with van der Waals surface area (Å²) in [7, 11) is 0. The van der Waals surface area contributed by atoms with Gasteiger partial charge in [0, 0.05) is 23.0 Å². The van der Waals surface area contributed by atoms with E-state index in [4.69, 9.17) is 21.1 Å². The van der Waals surface area contributed by atoms with Crippen molar-refractivity contribution >= 4 is 40.1 Å². The molecule has 25 heavy (non-hydrogen) atoms. The number of carbonyl (C=O) groups is 1. The number of morpholine rings is 1. The Morgan fingerprint density at radius 3 is 2.80 bits per heavy atom. The van der Waals surface area contributed by atoms with Crippen LogP contribution in [0.3, 0.4) is 0 Å². The van der Waals surface area contributed by atoms with Crippen molar-refractivity contribution in [1.29, 1.82) is 0 Å². The van der Waals surface area contributed by atoms with E-state index in [0.29, 0.717) is 10.8 Å². The van der Waals surface area contributed by atoms with Crippen LogP contribution in [0.25, 0.3) is 0 Å². The third kappa shape index (κ3) is 5.45. The van der Waals surface area contributed by atoms with E-state index in [1.165, 1.54) is 5.00 Å². The quantitative estimate of drug-likeness (QED) is 0.619. The standard InChI is InChI=1S/C17H18ClN3O3S/c18-13-1-3-14(4-2-13)24-12-16(22)20-19-11-15-5-6-17(25-15)21-7-9-23-10-8-21/h1-6,11H,7-10,12H2,(H,20,22). The molecule has 0 aliphatic carbocycles. The minimum absolute atomic E-state index is 0.109. The molecule has 0 saturated carbocycles. The molecule has 1 amide bonds. The van der Waals surface area contributed by atoms with Crippen molar-refractivity contribution in [3.63, 3.8) is 0 Å². The van der Waals surface area contributed by atoms with Gasteiger partial charge in [-0.2, -0.15) is 5.10 Å². The van der Waals surface area contributed by atoms with Crippen LogP contribution < -0.4 is 15.1 Å². The van der Waals surface area contributed by atoms with E-state index >= 15 is 0 Å². The fourth-order valence-electron chi connectivity index (χ4n) is 2.25. The molecule has 1 aliphatic heterocycles. The van der Waals surface area contributed by atoms with Gasteiger partial charge in [-0.1, -0.05) is 11.6 Å². The highest BCUT2D eigenvalue weighted by molar-refractivity contribution is 7.17. The number of carbonyl (C=O) groups excluding carboxylic acids is 1. The highest BCUT2D eigenvalue weighted by Gasteiger charge is 2.12. The Labute approximate surface area is 155 Å². The summed E-state index contributed by atoms with van der Waals surface area (Å²) in [5, 5.41) is 5.77. The first-order valence-electron chi connectivity index (χ1n) is 7.83. The third-order valence-corrected chi connectivity index (χ3v) is 4.83. The van der Waals surface area contributed by atoms with Crippen molar-refractivity contribution in [2.75, 3.05) is 37.8 Å². The highest BCUT2D eigenvalue weighted by Crippen LogP contribution is 2.25. The van der Waals surface area contributed by atoms with E-state index < -0.39 is 0 Å². The number of nitrogens with zero attached hydrogens (tertiary/aromatic N) is 2. The van der Waals surface area contributed by atoms with Gasteiger partial charge in [-0.15, -0.1) is 11.3 Å². The molecule has 0 bridgehead atoms. The van der Waals surface area contributed by atoms with E-state index in [2.05, 4.69) is 21.5 Å². The molecule has 1 aromatic heterocycles. The molecule has 132 valence electrons. The van der Waals surface area contributed by atoms with E-state index in [1.807, 2.05) is 6.07 Å². The molecule has 0 spiro atoms. The van der Waals surface area contributed by atoms with E-state index in [-0.39, 0.29) is 12.5 Å². The van der Waals surface area contributed by atoms with Crippen LogP contribution in [0, 0.1) is 0 Å². The number of hydrogen-bond acceptors (Lipinski definition) is 6. The van der Waals surface area contributed by atoms with Crippen molar-refractivity contribution in [2.24, 2.45) is 5.10 Å². The Morgan fingerprint density at radius 1 is 1.28 bits per heavy atom. The van der Waals surface area contributed by atoms with Crippen molar-refractivity contribution in [3.8, 4) is 5.75 Å². The number of hydrogen-bond donors (Lipinski definition) is 1. The second-order valence-corrected chi connectivity index (χ2v) is 6.84. The average Bonchev–Trinajstić information content (AvgIpc) is 3.11. The van der Waals surface area contributed by atoms with Gasteiger partial charge in [0.25, 0.3) is 5.91 Å². The minimum atomic E-state index is -0.323. The summed E-state index contributed by atoms with van der Waals surface area (Å²) >= 11 is 7.42. The number of thiophene rings is 1. The molecule has 2 heterocycles. The number of ether oxygens (including phenoxy) is 2. The van der Waals surface area contributed by atoms with Crippen molar-refractivity contribution in [1.82, 2.24) is 5.43 Å². The lowest BCUT2D eigenvalue weighted by atomic mass is 10.3. The van der Waals surface area contributed by atoms with Crippen LogP contribution in [0.15, 0.2) is 41.5 Å². The number of hydrazone groups is 1. The molecular formula is C17H18ClN3O3S. The van der Waals surface area contributed by atoms with E-state index in [0.717, 1.165) is 31.2 Å². The zero-order valence-corrected chi connectivity index (χ0v) is 15.1. The average molecular weight is 380 g/mol. The van der Waals surface area contributed by atoms with Crippen LogP contribution in [0.5, 0.6) is 5.75 Å². The lowest BCUT2D eigenvalue weighted by Gasteiger charge is -2.27. The molecule has 1 saturated heterocycles. The van der Waals surface area contributed by atoms with Gasteiger partial charge in [-0.3, -0.25) is 4.79 Å². The van der Waals surface area contributed by atoms with Gasteiger partial charge in [-0.25, -0.2) is 5.43 Å². The first-order valence-corrected chi connectivity index (χ1v) is 9.03. The van der Waals surface area contributed by atoms with E-state index in [9.17, 15) is 4.79 Å². The topological polar surface area (TPSA) is 63.2 Å². The van der Waals surface area contributed by atoms with Gasteiger partial charge in [0.1, 0.15) is 5.75 Å². The summed E-state index contributed by atoms with van der Waals surface area (Å²) in [6, 6.07) is 10.9. The molecule has 0 atom stereocenters. The van der Waals surface area contributed by atoms with Gasteiger partial charge < -0.3 is 14.4 Å². The molecule has 1 N–H and O–H groups in total. The van der Waals surface area contributed by atoms with Crippen LogP contribution in [-0.4, -0.2) is 45.0 Å². The molecule has 2 aromatic rings. The largest absolute Gasteiger partial charge is 0.484 e. The van der Waals surface area contributed by atoms with Gasteiger partial charge in [-0.05, 0) is 36.4 Å². The number of amides is 1. The second kappa shape index (κ2) is 8.84. The second-order valence-electron chi connectivity index (χ2n) is 5.31. The summed E-state index contributed by atoms with van der Waals surface area (Å²) in [4.78, 5) is 15.0. The number of benzene rings is 1. The number of nitrogens with one attached hydrogen (secondary N) is 1. The molecule has 1 aliphatic rings. The normalized spacial score (nSPS) is 14.7. The Morgan fingerprint density at radius 2 is 2.04 bits per heavy atom. The first kappa shape index (κ1) is 17.7. The molecule has 0 unspecified atom stereocenters. The minimum Gasteiger partial charge on any atom is -0.484 e. The predicted octanol–water partition coefficient (Wildman–Crippen LogP) is 2.77. The summed E-state index contributed by atoms with van der Waals surface area (Å²) < 4.78 is 10.7. The zero-order valence-electron chi connectivity index (χ0n) is 13.5. The Kier molecular flexibility index (Phi) is 6.27. The Hall–Kier alpha value is -2.09. The fourth-order valence-corrected chi connectivity index (χ4v) is 3.30. The number of halogens is 1. The van der Waals surface area contributed by atoms with Crippen LogP contribution >= 0.6 is 22.9 Å². The maximum atomic E-state index is 11.7. The SMILES string of the molecule is O=C(COc1ccc(Cl)cc1)NN=Cc1ccc(N2CCOCC2)s1. The fraction of sp³-hybridized carbons (Fsp3) is 0.294. The molecule has 1 fully saturated rings. The smallest absolute Gasteiger partial charge is 0.277 e.